The summed E-state index contributed by atoms with van der Waals surface area (Å²) in [6, 6.07) is 30.5. The van der Waals surface area contributed by atoms with E-state index >= 15 is 0 Å². The van der Waals surface area contributed by atoms with Crippen LogP contribution in [0.3, 0.4) is 0 Å². The molecule has 2 fully saturated rings. The van der Waals surface area contributed by atoms with Gasteiger partial charge in [-0.25, -0.2) is 16.8 Å². The van der Waals surface area contributed by atoms with Crippen molar-refractivity contribution < 1.29 is 75.2 Å². The normalized spacial score (nSPS) is 21.9. The standard InChI is InChI=1S/2C15H23BO4S.2C9H11BrS.C6H5BrS.4C2H6.CH4/c2*1-11(2)21(17,18)13-9-7-12(8-10-13)16-19-14(3,4)15(5,6)20-16;2*1-7(2)11-9-5-3-8(10)4-6-9;7-5-1-3-6(8)4-2-5;4*1-2;/h2*7-11H,1-6H3;2*3-7H,1-2H3;1-4,8H;4*1-2H3;1H4/i2*1D3,2D3,11D;2*1D3,2D3,7D;;;;;;1D. The van der Waals surface area contributed by atoms with Crippen LogP contribution in [0, 0.1) is 0 Å². The topological polar surface area (TPSA) is 105 Å². The lowest BCUT2D eigenvalue weighted by Crippen LogP contribution is -2.41. The van der Waals surface area contributed by atoms with Gasteiger partial charge in [0, 0.05) is 78.3 Å². The summed E-state index contributed by atoms with van der Waals surface area (Å²) >= 11 is 14.9. The van der Waals surface area contributed by atoms with Crippen LogP contribution >= 0.6 is 83.9 Å². The zero-order valence-electron chi connectivity index (χ0n) is 78.2. The third-order valence-corrected chi connectivity index (χ3v) is 17.0. The summed E-state index contributed by atoms with van der Waals surface area (Å²) in [4.78, 5) is 0.708. The van der Waals surface area contributed by atoms with Crippen molar-refractivity contribution in [1.29, 1.82) is 0 Å². The maximum atomic E-state index is 12.8. The van der Waals surface area contributed by atoms with Crippen molar-refractivity contribution in [2.75, 3.05) is 0 Å². The summed E-state index contributed by atoms with van der Waals surface area (Å²) in [6.07, 6.45) is 0. The van der Waals surface area contributed by atoms with Crippen molar-refractivity contribution >= 4 is 129 Å². The molecular weight excluding hydrogens is 1310 g/mol. The van der Waals surface area contributed by atoms with Gasteiger partial charge in [-0.05, 0) is 191 Å². The fourth-order valence-corrected chi connectivity index (χ4v) is 8.90. The number of thioether (sulfide) groups is 2. The number of hydrogen-bond donors (Lipinski definition) is 1. The van der Waals surface area contributed by atoms with E-state index in [1.165, 1.54) is 31.7 Å². The smallest absolute Gasteiger partial charge is 0.399 e. The molecule has 0 saturated carbocycles. The van der Waals surface area contributed by atoms with Gasteiger partial charge in [-0.15, -0.1) is 36.2 Å². The average molecular weight is 1440 g/mol. The van der Waals surface area contributed by atoms with Gasteiger partial charge in [-0.3, -0.25) is 0 Å². The van der Waals surface area contributed by atoms with Crippen molar-refractivity contribution in [2.24, 2.45) is 0 Å². The predicted molar refractivity (Wildman–Crippen MR) is 373 cm³/mol. The van der Waals surface area contributed by atoms with E-state index in [0.29, 0.717) is 44.2 Å². The largest absolute Gasteiger partial charge is 0.494 e. The fraction of sp³-hybridized carbons (Fsp3) is 0.524. The van der Waals surface area contributed by atoms with Gasteiger partial charge in [0.15, 0.2) is 19.7 Å². The monoisotopic (exact) mass is 1430 g/mol. The summed E-state index contributed by atoms with van der Waals surface area (Å²) in [5.74, 6) is 0. The minimum atomic E-state index is -5.04. The molecule has 0 unspecified atom stereocenters. The van der Waals surface area contributed by atoms with Gasteiger partial charge in [-0.1, -0.05) is 162 Å². The van der Waals surface area contributed by atoms with Gasteiger partial charge >= 0.3 is 14.2 Å². The Labute approximate surface area is 576 Å². The number of halogens is 3. The van der Waals surface area contributed by atoms with E-state index in [-0.39, 0.29) is 0 Å². The van der Waals surface area contributed by atoms with E-state index in [1.807, 2.05) is 135 Å². The van der Waals surface area contributed by atoms with Gasteiger partial charge in [0.25, 0.3) is 0 Å². The van der Waals surface area contributed by atoms with Crippen molar-refractivity contribution in [3.63, 3.8) is 0 Å². The van der Waals surface area contributed by atoms with Crippen LogP contribution in [0.1, 0.15) is 213 Å². The van der Waals surface area contributed by atoms with Crippen LogP contribution in [-0.4, -0.2) is 74.4 Å². The lowest BCUT2D eigenvalue weighted by Gasteiger charge is -2.32. The highest BCUT2D eigenvalue weighted by Crippen LogP contribution is 2.38. The lowest BCUT2D eigenvalue weighted by molar-refractivity contribution is 0.00578. The van der Waals surface area contributed by atoms with Gasteiger partial charge in [0.2, 0.25) is 0 Å². The predicted octanol–water partition coefficient (Wildman–Crippen LogP) is 19.7. The molecule has 2 aliphatic rings. The zero-order valence-corrected chi connectivity index (χ0v) is 58.1. The SMILES string of the molecule is CC.CC.CC.CC.Sc1ccc(Br)cc1.[2H]C.[2H]C([2H])([2H])C([2H])(C([2H])([2H])[2H])S(=O)(=O)c1ccc(B2OC(C)(C)C(C)(C)O2)cc1.[2H]C([2H])([2H])C([2H])(C([2H])([2H])[2H])S(=O)(=O)c1ccc(B2OC(C)(C)C(C)(C)O2)cc1.[2H]C([2H])([2H])C([2H])(Sc1ccc(Br)cc1)C([2H])([2H])[2H].[2H]C([2H])([2H])C([2H])(Sc1ccc(Br)cc1)C([2H])([2H])[2H]. The minimum Gasteiger partial charge on any atom is -0.399 e. The van der Waals surface area contributed by atoms with Crippen LogP contribution in [0.2, 0.25) is 0 Å². The molecule has 458 valence electrons. The minimum absolute atomic E-state index is 0.431. The first-order valence-electron chi connectivity index (χ1n) is 40.0. The van der Waals surface area contributed by atoms with Crippen molar-refractivity contribution in [2.45, 2.75) is 241 Å². The molecule has 8 nitrogen and oxygen atoms in total. The first kappa shape index (κ1) is 44.0. The summed E-state index contributed by atoms with van der Waals surface area (Å²) in [6.45, 7) is 4.88. The molecule has 2 saturated heterocycles. The molecule has 0 radical (unpaired) electrons. The molecular formula is C63H101B2Br3O8S5. The van der Waals surface area contributed by atoms with Gasteiger partial charge in [0.05, 0.1) is 42.6 Å². The second-order valence-electron chi connectivity index (χ2n) is 17.2. The Morgan fingerprint density at radius 3 is 0.889 bits per heavy atom. The number of sulfone groups is 2. The Bertz CT molecular complexity index is 3460. The molecule has 0 amide bonds. The summed E-state index contributed by atoms with van der Waals surface area (Å²) in [5, 5.41) is -12.5. The third-order valence-electron chi connectivity index (χ3n) is 10.9. The number of rotatable bonds is 10. The summed E-state index contributed by atoms with van der Waals surface area (Å²) in [7, 11) is -10.4. The third kappa shape index (κ3) is 28.7. The van der Waals surface area contributed by atoms with Crippen molar-refractivity contribution in [3.05, 3.63) is 135 Å². The lowest BCUT2D eigenvalue weighted by atomic mass is 9.79. The Kier molecular flexibility index (Phi) is 21.7. The van der Waals surface area contributed by atoms with Crippen LogP contribution in [0.5, 0.6) is 0 Å². The Morgan fingerprint density at radius 2 is 0.679 bits per heavy atom. The molecule has 0 aliphatic carbocycles. The molecule has 0 aromatic heterocycles. The highest BCUT2D eigenvalue weighted by atomic mass is 79.9. The Morgan fingerprint density at radius 1 is 0.444 bits per heavy atom. The molecule has 5 aromatic carbocycles. The maximum absolute atomic E-state index is 12.8. The number of benzene rings is 5. The van der Waals surface area contributed by atoms with Gasteiger partial charge < -0.3 is 18.6 Å². The molecule has 7 rings (SSSR count). The maximum Gasteiger partial charge on any atom is 0.494 e. The first-order chi connectivity index (χ1) is 49.3. The molecule has 5 aromatic rings. The molecule has 0 bridgehead atoms. The van der Waals surface area contributed by atoms with Crippen molar-refractivity contribution in [3.8, 4) is 0 Å². The van der Waals surface area contributed by atoms with E-state index in [1.54, 1.807) is 48.5 Å². The Balaban J connectivity index is -0.00000131. The summed E-state index contributed by atoms with van der Waals surface area (Å²) in [5.41, 5.74) is -1.47. The van der Waals surface area contributed by atoms with Crippen molar-refractivity contribution in [1.82, 2.24) is 0 Å². The second-order valence-corrected chi connectivity index (χ2v) is 26.4. The Hall–Kier alpha value is -1.54. The molecule has 81 heavy (non-hydrogen) atoms. The van der Waals surface area contributed by atoms with E-state index in [0.717, 1.165) is 42.6 Å². The second kappa shape index (κ2) is 40.0. The number of thiol groups is 1. The van der Waals surface area contributed by atoms with Crippen LogP contribution in [0.25, 0.3) is 0 Å². The molecule has 2 aliphatic heterocycles. The molecule has 0 spiro atoms. The van der Waals surface area contributed by atoms with Crippen LogP contribution < -0.4 is 10.9 Å². The zero-order chi connectivity index (χ0) is 88.3. The van der Waals surface area contributed by atoms with Gasteiger partial charge in [0.1, 0.15) is 0 Å². The fourth-order valence-electron chi connectivity index (χ4n) is 5.48. The highest BCUT2D eigenvalue weighted by Gasteiger charge is 2.52. The van der Waals surface area contributed by atoms with Crippen LogP contribution in [0.4, 0.5) is 0 Å². The summed E-state index contributed by atoms with van der Waals surface area (Å²) < 4.78 is 291. The van der Waals surface area contributed by atoms with E-state index in [9.17, 15) is 16.8 Å². The molecule has 0 atom stereocenters. The molecule has 0 N–H and O–H groups in total. The quantitative estimate of drug-likeness (QED) is 0.0826. The molecule has 2 heterocycles. The van der Waals surface area contributed by atoms with Crippen LogP contribution in [-0.2, 0) is 38.3 Å². The van der Waals surface area contributed by atoms with Gasteiger partial charge in [-0.2, -0.15) is 0 Å². The number of hydrogen-bond acceptors (Lipinski definition) is 11. The van der Waals surface area contributed by atoms with E-state index in [2.05, 4.69) is 60.4 Å². The van der Waals surface area contributed by atoms with Crippen LogP contribution in [0.15, 0.2) is 159 Å². The highest BCUT2D eigenvalue weighted by molar-refractivity contribution is 9.11. The average Bonchev–Trinajstić information content (AvgIpc) is 0.896. The molecule has 18 heteroatoms. The van der Waals surface area contributed by atoms with E-state index in [4.69, 9.17) is 58.4 Å². The first-order valence-corrected chi connectivity index (χ1v) is 32.5. The van der Waals surface area contributed by atoms with E-state index < -0.39 is 142 Å².